The molecule has 2 aliphatic heterocycles. The fourth-order valence-corrected chi connectivity index (χ4v) is 2.12. The van der Waals surface area contributed by atoms with Crippen molar-refractivity contribution >= 4 is 23.7 Å². The summed E-state index contributed by atoms with van der Waals surface area (Å²) < 4.78 is 0. The van der Waals surface area contributed by atoms with Crippen molar-refractivity contribution in [3.05, 3.63) is 35.4 Å². The molecule has 1 fully saturated rings. The molecule has 2 heterocycles. The fourth-order valence-electron chi connectivity index (χ4n) is 2.12. The van der Waals surface area contributed by atoms with Crippen LogP contribution in [0.5, 0.6) is 0 Å². The highest BCUT2D eigenvalue weighted by Crippen LogP contribution is 2.23. The van der Waals surface area contributed by atoms with E-state index in [-0.39, 0.29) is 36.6 Å². The van der Waals surface area contributed by atoms with Gasteiger partial charge in [-0.25, -0.2) is 0 Å². The summed E-state index contributed by atoms with van der Waals surface area (Å²) in [6.07, 6.45) is -0.0621. The van der Waals surface area contributed by atoms with E-state index in [1.165, 1.54) is 0 Å². The van der Waals surface area contributed by atoms with Crippen LogP contribution in [0, 0.1) is 5.92 Å². The number of carboxylic acids is 1. The Morgan fingerprint density at radius 3 is 2.05 bits per heavy atom. The van der Waals surface area contributed by atoms with Crippen LogP contribution in [0.3, 0.4) is 0 Å². The Hall–Kier alpha value is -2.70. The molecule has 1 unspecified atom stereocenters. The molecule has 0 aromatic heterocycles. The van der Waals surface area contributed by atoms with Crippen molar-refractivity contribution in [3.63, 3.8) is 0 Å². The van der Waals surface area contributed by atoms with Gasteiger partial charge in [0.1, 0.15) is 0 Å². The highest BCUT2D eigenvalue weighted by atomic mass is 16.4. The molecule has 3 amide bonds. The molecule has 0 radical (unpaired) electrons. The fraction of sp³-hybridized carbons (Fsp3) is 0.333. The summed E-state index contributed by atoms with van der Waals surface area (Å²) in [6, 6.07) is 6.62. The Balaban J connectivity index is 0.000000381. The van der Waals surface area contributed by atoms with E-state index in [9.17, 15) is 19.2 Å². The average Bonchev–Trinajstić information content (AvgIpc) is 3.21. The first-order valence-electron chi connectivity index (χ1n) is 6.84. The summed E-state index contributed by atoms with van der Waals surface area (Å²) in [5, 5.41) is 11.1. The minimum atomic E-state index is -0.931. The predicted octanol–water partition coefficient (Wildman–Crippen LogP) is 0.510. The van der Waals surface area contributed by atoms with Crippen molar-refractivity contribution in [2.45, 2.75) is 13.3 Å². The van der Waals surface area contributed by atoms with Crippen LogP contribution >= 0.6 is 0 Å². The van der Waals surface area contributed by atoms with Crippen LogP contribution < -0.4 is 5.32 Å². The molecule has 3 rings (SSSR count). The number of benzene rings is 1. The topological polar surface area (TPSA) is 114 Å². The standard InChI is InChI=1S/C13H13NO4.C2H3NO/c1-8(6-11(15)16)7-14-12(17)9-4-2-3-5-10(9)13(14)18;4-2-1-3-2/h2-5,8H,6-7H2,1H3,(H,15,16);1H2,(H,3,4). The lowest BCUT2D eigenvalue weighted by atomic mass is 10.1. The number of carboxylic acid groups (broad SMARTS) is 1. The van der Waals surface area contributed by atoms with Gasteiger partial charge in [0, 0.05) is 13.0 Å². The molecule has 1 saturated heterocycles. The van der Waals surface area contributed by atoms with Crippen LogP contribution in [0.4, 0.5) is 0 Å². The van der Waals surface area contributed by atoms with Crippen molar-refractivity contribution in [1.29, 1.82) is 0 Å². The molecule has 1 atom stereocenters. The number of imide groups is 1. The molecule has 0 saturated carbocycles. The van der Waals surface area contributed by atoms with Crippen LogP contribution in [0.2, 0.25) is 0 Å². The van der Waals surface area contributed by atoms with E-state index in [4.69, 9.17) is 5.11 Å². The van der Waals surface area contributed by atoms with E-state index >= 15 is 0 Å². The maximum atomic E-state index is 12.0. The largest absolute Gasteiger partial charge is 0.481 e. The van der Waals surface area contributed by atoms with E-state index in [0.717, 1.165) is 4.90 Å². The molecule has 0 bridgehead atoms. The van der Waals surface area contributed by atoms with E-state index in [1.54, 1.807) is 31.2 Å². The molecule has 1 aromatic carbocycles. The summed E-state index contributed by atoms with van der Waals surface area (Å²) in [6.45, 7) is 2.44. The lowest BCUT2D eigenvalue weighted by Gasteiger charge is -2.17. The summed E-state index contributed by atoms with van der Waals surface area (Å²) >= 11 is 0. The molecule has 0 aliphatic carbocycles. The number of carbonyl (C=O) groups excluding carboxylic acids is 3. The average molecular weight is 304 g/mol. The lowest BCUT2D eigenvalue weighted by Crippen LogP contribution is -2.34. The zero-order valence-corrected chi connectivity index (χ0v) is 12.0. The van der Waals surface area contributed by atoms with E-state index in [2.05, 4.69) is 5.32 Å². The summed E-state index contributed by atoms with van der Waals surface area (Å²) in [7, 11) is 0. The molecule has 22 heavy (non-hydrogen) atoms. The summed E-state index contributed by atoms with van der Waals surface area (Å²) in [5.41, 5.74) is 0.787. The molecule has 7 heteroatoms. The molecule has 116 valence electrons. The second kappa shape index (κ2) is 6.38. The highest BCUT2D eigenvalue weighted by Gasteiger charge is 2.35. The zero-order chi connectivity index (χ0) is 16.3. The first kappa shape index (κ1) is 15.7. The van der Waals surface area contributed by atoms with Crippen molar-refractivity contribution in [1.82, 2.24) is 10.2 Å². The Kier molecular flexibility index (Phi) is 4.55. The van der Waals surface area contributed by atoms with Gasteiger partial charge < -0.3 is 10.4 Å². The molecular formula is C15H16N2O5. The molecular weight excluding hydrogens is 288 g/mol. The SMILES string of the molecule is CC(CC(=O)O)CN1C(=O)c2ccccc2C1=O.O=C1CN1. The highest BCUT2D eigenvalue weighted by molar-refractivity contribution is 6.21. The Labute approximate surface area is 126 Å². The van der Waals surface area contributed by atoms with Gasteiger partial charge in [-0.1, -0.05) is 19.1 Å². The number of carbonyl (C=O) groups is 4. The van der Waals surface area contributed by atoms with Gasteiger partial charge in [0.2, 0.25) is 5.91 Å². The quantitative estimate of drug-likeness (QED) is 0.621. The van der Waals surface area contributed by atoms with Crippen LogP contribution in [-0.2, 0) is 9.59 Å². The number of nitrogens with zero attached hydrogens (tertiary/aromatic N) is 1. The lowest BCUT2D eigenvalue weighted by molar-refractivity contribution is -0.138. The number of nitrogens with one attached hydrogen (secondary N) is 1. The molecule has 2 N–H and O–H groups in total. The van der Waals surface area contributed by atoms with Gasteiger partial charge in [0.15, 0.2) is 0 Å². The minimum absolute atomic E-state index is 0.0621. The smallest absolute Gasteiger partial charge is 0.303 e. The molecule has 2 aliphatic rings. The van der Waals surface area contributed by atoms with Crippen molar-refractivity contribution < 1.29 is 24.3 Å². The van der Waals surface area contributed by atoms with Crippen molar-refractivity contribution in [2.75, 3.05) is 13.1 Å². The number of fused-ring (bicyclic) bond motifs is 1. The predicted molar refractivity (Wildman–Crippen MR) is 76.2 cm³/mol. The van der Waals surface area contributed by atoms with Crippen molar-refractivity contribution in [2.24, 2.45) is 5.92 Å². The van der Waals surface area contributed by atoms with Crippen LogP contribution in [0.1, 0.15) is 34.1 Å². The third-order valence-corrected chi connectivity index (χ3v) is 3.22. The number of hydrogen-bond acceptors (Lipinski definition) is 4. The van der Waals surface area contributed by atoms with Gasteiger partial charge in [-0.05, 0) is 18.1 Å². The third-order valence-electron chi connectivity index (χ3n) is 3.22. The van der Waals surface area contributed by atoms with E-state index in [0.29, 0.717) is 17.7 Å². The Morgan fingerprint density at radius 1 is 1.23 bits per heavy atom. The second-order valence-electron chi connectivity index (χ2n) is 5.25. The Bertz CT molecular complexity index is 600. The van der Waals surface area contributed by atoms with Crippen LogP contribution in [-0.4, -0.2) is 46.8 Å². The zero-order valence-electron chi connectivity index (χ0n) is 12.0. The normalized spacial score (nSPS) is 16.4. The van der Waals surface area contributed by atoms with Crippen LogP contribution in [0.25, 0.3) is 0 Å². The van der Waals surface area contributed by atoms with Gasteiger partial charge >= 0.3 is 5.97 Å². The van der Waals surface area contributed by atoms with E-state index < -0.39 is 5.97 Å². The number of aliphatic carboxylic acids is 1. The van der Waals surface area contributed by atoms with Gasteiger partial charge in [-0.2, -0.15) is 0 Å². The molecule has 7 nitrogen and oxygen atoms in total. The first-order valence-corrected chi connectivity index (χ1v) is 6.84. The molecule has 0 spiro atoms. The second-order valence-corrected chi connectivity index (χ2v) is 5.25. The van der Waals surface area contributed by atoms with E-state index in [1.807, 2.05) is 0 Å². The summed E-state index contributed by atoms with van der Waals surface area (Å²) in [5.74, 6) is -1.70. The van der Waals surface area contributed by atoms with Gasteiger partial charge in [-0.3, -0.25) is 24.1 Å². The summed E-state index contributed by atoms with van der Waals surface area (Å²) in [4.78, 5) is 45.1. The maximum absolute atomic E-state index is 12.0. The van der Waals surface area contributed by atoms with Crippen molar-refractivity contribution in [3.8, 4) is 0 Å². The number of amides is 3. The molecule has 1 aromatic rings. The van der Waals surface area contributed by atoms with Crippen LogP contribution in [0.15, 0.2) is 24.3 Å². The van der Waals surface area contributed by atoms with Gasteiger partial charge in [0.05, 0.1) is 17.7 Å². The minimum Gasteiger partial charge on any atom is -0.481 e. The third kappa shape index (κ3) is 3.69. The monoisotopic (exact) mass is 304 g/mol. The number of hydrogen-bond donors (Lipinski definition) is 2. The van der Waals surface area contributed by atoms with Gasteiger partial charge in [-0.15, -0.1) is 0 Å². The van der Waals surface area contributed by atoms with Gasteiger partial charge in [0.25, 0.3) is 11.8 Å². The maximum Gasteiger partial charge on any atom is 0.303 e. The first-order chi connectivity index (χ1) is 10.4. The Morgan fingerprint density at radius 2 is 1.68 bits per heavy atom. The number of rotatable bonds is 4.